The average Bonchev–Trinajstić information content (AvgIpc) is 3.14. The fourth-order valence-electron chi connectivity index (χ4n) is 4.28. The highest BCUT2D eigenvalue weighted by Crippen LogP contribution is 2.39. The summed E-state index contributed by atoms with van der Waals surface area (Å²) in [6.45, 7) is 2.10. The highest BCUT2D eigenvalue weighted by atomic mass is 16.4. The van der Waals surface area contributed by atoms with E-state index >= 15 is 0 Å². The number of rotatable bonds is 6. The van der Waals surface area contributed by atoms with Crippen LogP contribution in [0.1, 0.15) is 51.4 Å². The van der Waals surface area contributed by atoms with Gasteiger partial charge in [0.1, 0.15) is 0 Å². The summed E-state index contributed by atoms with van der Waals surface area (Å²) in [5.74, 6) is -0.399. The maximum atomic E-state index is 11.4. The maximum Gasteiger partial charge on any atom is 0.336 e. The van der Waals surface area contributed by atoms with Crippen LogP contribution in [0, 0.1) is 6.92 Å². The summed E-state index contributed by atoms with van der Waals surface area (Å²) in [5, 5.41) is 9.37. The molecule has 148 valence electrons. The normalized spacial score (nSPS) is 15.2. The van der Waals surface area contributed by atoms with E-state index in [1.807, 2.05) is 0 Å². The molecule has 0 fully saturated rings. The summed E-state index contributed by atoms with van der Waals surface area (Å²) in [7, 11) is 2.11. The van der Waals surface area contributed by atoms with E-state index in [1.165, 1.54) is 28.1 Å². The van der Waals surface area contributed by atoms with Gasteiger partial charge in [0.05, 0.1) is 5.56 Å². The molecule has 1 aliphatic rings. The van der Waals surface area contributed by atoms with Gasteiger partial charge < -0.3 is 10.0 Å². The fourth-order valence-corrected chi connectivity index (χ4v) is 4.28. The number of aromatic nitrogens is 1. The number of nitrogens with zero attached hydrogens (tertiary/aromatic N) is 2. The summed E-state index contributed by atoms with van der Waals surface area (Å²) in [5.41, 5.74) is 7.66. The molecular formula is C25H26N2O2. The van der Waals surface area contributed by atoms with E-state index in [4.69, 9.17) is 0 Å². The summed E-state index contributed by atoms with van der Waals surface area (Å²) in [6, 6.07) is 16.9. The lowest BCUT2D eigenvalue weighted by Gasteiger charge is -2.21. The van der Waals surface area contributed by atoms with Crippen LogP contribution in [-0.4, -0.2) is 23.1 Å². The van der Waals surface area contributed by atoms with Crippen molar-refractivity contribution in [3.63, 3.8) is 0 Å². The standard InChI is InChI=1S/C25H26N2O2/c1-17-3-9-21(10-4-17)27(2)22-11-12-23-18(5-7-19(23)15-22)6-8-20-16-26-14-13-24(20)25(28)29/h3-4,9-16,18H,5-8H2,1-2H3,(H,28,29)/t18-/m1/s1. The number of carboxylic acids is 1. The second-order valence-corrected chi connectivity index (χ2v) is 7.89. The van der Waals surface area contributed by atoms with Gasteiger partial charge in [-0.1, -0.05) is 23.8 Å². The minimum atomic E-state index is -0.877. The molecule has 0 spiro atoms. The molecule has 0 radical (unpaired) electrons. The molecule has 1 aromatic heterocycles. The fraction of sp³-hybridized carbons (Fsp3) is 0.280. The monoisotopic (exact) mass is 386 g/mol. The molecule has 1 heterocycles. The van der Waals surface area contributed by atoms with E-state index in [1.54, 1.807) is 18.5 Å². The lowest BCUT2D eigenvalue weighted by atomic mass is 9.93. The van der Waals surface area contributed by atoms with Gasteiger partial charge in [-0.2, -0.15) is 0 Å². The number of aromatic carboxylic acids is 1. The smallest absolute Gasteiger partial charge is 0.336 e. The molecule has 0 bridgehead atoms. The van der Waals surface area contributed by atoms with E-state index in [-0.39, 0.29) is 0 Å². The molecular weight excluding hydrogens is 360 g/mol. The van der Waals surface area contributed by atoms with E-state index in [0.29, 0.717) is 11.5 Å². The van der Waals surface area contributed by atoms with Crippen molar-refractivity contribution < 1.29 is 9.90 Å². The maximum absolute atomic E-state index is 11.4. The Hall–Kier alpha value is -3.14. The highest BCUT2D eigenvalue weighted by Gasteiger charge is 2.23. The Bertz CT molecular complexity index is 1030. The molecule has 29 heavy (non-hydrogen) atoms. The summed E-state index contributed by atoms with van der Waals surface area (Å²) in [6.07, 6.45) is 7.13. The van der Waals surface area contributed by atoms with Gasteiger partial charge in [0.15, 0.2) is 0 Å². The largest absolute Gasteiger partial charge is 0.478 e. The number of carboxylic acid groups (broad SMARTS) is 1. The summed E-state index contributed by atoms with van der Waals surface area (Å²) >= 11 is 0. The van der Waals surface area contributed by atoms with Crippen LogP contribution in [0.5, 0.6) is 0 Å². The zero-order valence-electron chi connectivity index (χ0n) is 16.9. The van der Waals surface area contributed by atoms with Crippen LogP contribution < -0.4 is 4.90 Å². The molecule has 0 aliphatic heterocycles. The Balaban J connectivity index is 1.49. The van der Waals surface area contributed by atoms with Gasteiger partial charge in [-0.3, -0.25) is 4.98 Å². The zero-order chi connectivity index (χ0) is 20.4. The lowest BCUT2D eigenvalue weighted by Crippen LogP contribution is -2.10. The Labute approximate surface area is 171 Å². The molecule has 1 N–H and O–H groups in total. The van der Waals surface area contributed by atoms with Crippen molar-refractivity contribution in [2.45, 2.75) is 38.5 Å². The quantitative estimate of drug-likeness (QED) is 0.606. The van der Waals surface area contributed by atoms with Crippen molar-refractivity contribution in [2.24, 2.45) is 0 Å². The Kier molecular flexibility index (Phi) is 5.34. The molecule has 1 atom stereocenters. The minimum Gasteiger partial charge on any atom is -0.478 e. The highest BCUT2D eigenvalue weighted by molar-refractivity contribution is 5.89. The van der Waals surface area contributed by atoms with Gasteiger partial charge in [-0.25, -0.2) is 4.79 Å². The Morgan fingerprint density at radius 2 is 1.90 bits per heavy atom. The first-order valence-electron chi connectivity index (χ1n) is 10.1. The van der Waals surface area contributed by atoms with Crippen molar-refractivity contribution >= 4 is 17.3 Å². The van der Waals surface area contributed by atoms with Crippen LogP contribution in [0.2, 0.25) is 0 Å². The van der Waals surface area contributed by atoms with Crippen molar-refractivity contribution in [3.05, 3.63) is 88.7 Å². The molecule has 4 rings (SSSR count). The third-order valence-electron chi connectivity index (χ3n) is 6.03. The first-order valence-corrected chi connectivity index (χ1v) is 10.1. The second-order valence-electron chi connectivity index (χ2n) is 7.89. The van der Waals surface area contributed by atoms with Gasteiger partial charge in [0.25, 0.3) is 0 Å². The Morgan fingerprint density at radius 1 is 1.14 bits per heavy atom. The number of fused-ring (bicyclic) bond motifs is 1. The number of hydrogen-bond donors (Lipinski definition) is 1. The molecule has 3 aromatic rings. The van der Waals surface area contributed by atoms with Crippen molar-refractivity contribution in [3.8, 4) is 0 Å². The van der Waals surface area contributed by atoms with Gasteiger partial charge in [-0.05, 0) is 85.5 Å². The molecule has 0 amide bonds. The lowest BCUT2D eigenvalue weighted by molar-refractivity contribution is 0.0695. The van der Waals surface area contributed by atoms with E-state index < -0.39 is 5.97 Å². The third kappa shape index (κ3) is 4.02. The number of hydrogen-bond acceptors (Lipinski definition) is 3. The number of aryl methyl sites for hydroxylation is 3. The number of benzene rings is 2. The predicted molar refractivity (Wildman–Crippen MR) is 116 cm³/mol. The molecule has 4 heteroatoms. The van der Waals surface area contributed by atoms with Gasteiger partial charge in [0, 0.05) is 30.8 Å². The third-order valence-corrected chi connectivity index (χ3v) is 6.03. The predicted octanol–water partition coefficient (Wildman–Crippen LogP) is 5.52. The molecule has 0 saturated heterocycles. The first-order chi connectivity index (χ1) is 14.0. The molecule has 2 aromatic carbocycles. The van der Waals surface area contributed by atoms with Crippen LogP contribution in [0.15, 0.2) is 60.9 Å². The molecule has 1 aliphatic carbocycles. The van der Waals surface area contributed by atoms with E-state index in [9.17, 15) is 9.90 Å². The number of anilines is 2. The van der Waals surface area contributed by atoms with E-state index in [0.717, 1.165) is 31.2 Å². The second kappa shape index (κ2) is 8.08. The first kappa shape index (κ1) is 19.2. The molecule has 0 saturated carbocycles. The van der Waals surface area contributed by atoms with Gasteiger partial charge in [-0.15, -0.1) is 0 Å². The SMILES string of the molecule is Cc1ccc(N(C)c2ccc3c(c2)CC[C@@H]3CCc2cnccc2C(=O)O)cc1. The zero-order valence-corrected chi connectivity index (χ0v) is 16.9. The Morgan fingerprint density at radius 3 is 2.66 bits per heavy atom. The minimum absolute atomic E-state index is 0.369. The van der Waals surface area contributed by atoms with Crippen molar-refractivity contribution in [1.29, 1.82) is 0 Å². The number of pyridine rings is 1. The van der Waals surface area contributed by atoms with Crippen molar-refractivity contribution in [2.75, 3.05) is 11.9 Å². The van der Waals surface area contributed by atoms with E-state index in [2.05, 4.69) is 66.3 Å². The van der Waals surface area contributed by atoms with Crippen LogP contribution >= 0.6 is 0 Å². The van der Waals surface area contributed by atoms with Crippen LogP contribution in [0.4, 0.5) is 11.4 Å². The number of carbonyl (C=O) groups is 1. The van der Waals surface area contributed by atoms with Crippen LogP contribution in [0.25, 0.3) is 0 Å². The van der Waals surface area contributed by atoms with Gasteiger partial charge >= 0.3 is 5.97 Å². The molecule has 0 unspecified atom stereocenters. The summed E-state index contributed by atoms with van der Waals surface area (Å²) < 4.78 is 0. The molecule has 4 nitrogen and oxygen atoms in total. The van der Waals surface area contributed by atoms with Crippen LogP contribution in [-0.2, 0) is 12.8 Å². The summed E-state index contributed by atoms with van der Waals surface area (Å²) in [4.78, 5) is 17.8. The van der Waals surface area contributed by atoms with Crippen LogP contribution in [0.3, 0.4) is 0 Å². The topological polar surface area (TPSA) is 53.4 Å². The average molecular weight is 386 g/mol. The van der Waals surface area contributed by atoms with Crippen molar-refractivity contribution in [1.82, 2.24) is 4.98 Å². The van der Waals surface area contributed by atoms with Gasteiger partial charge in [0.2, 0.25) is 0 Å².